The van der Waals surface area contributed by atoms with Crippen molar-refractivity contribution in [2.24, 2.45) is 5.92 Å². The van der Waals surface area contributed by atoms with Gasteiger partial charge in [0.15, 0.2) is 5.78 Å². The molecule has 4 rings (SSSR count). The Morgan fingerprint density at radius 2 is 1.53 bits per heavy atom. The zero-order valence-electron chi connectivity index (χ0n) is 16.4. The lowest BCUT2D eigenvalue weighted by Crippen LogP contribution is -2.38. The third-order valence-electron chi connectivity index (χ3n) is 5.05. The molecule has 1 heterocycles. The fourth-order valence-electron chi connectivity index (χ4n) is 3.51. The predicted molar refractivity (Wildman–Crippen MR) is 109 cm³/mol. The van der Waals surface area contributed by atoms with Crippen LogP contribution in [0.25, 0.3) is 0 Å². The SMILES string of the molecule is O=C(Nc1ccc(F)cc1)C(=O)[C@H](C(=O)c1ccccc1F)[C@H]1OC(=O)c2ccccc21. The summed E-state index contributed by atoms with van der Waals surface area (Å²) in [6, 6.07) is 15.8. The van der Waals surface area contributed by atoms with Crippen LogP contribution in [0.1, 0.15) is 32.4 Å². The lowest BCUT2D eigenvalue weighted by atomic mass is 9.84. The van der Waals surface area contributed by atoms with E-state index in [-0.39, 0.29) is 16.8 Å². The molecular formula is C24H15F2NO5. The highest BCUT2D eigenvalue weighted by molar-refractivity contribution is 6.45. The quantitative estimate of drug-likeness (QED) is 0.275. The first-order valence-corrected chi connectivity index (χ1v) is 9.56. The molecule has 1 amide bonds. The van der Waals surface area contributed by atoms with Gasteiger partial charge in [-0.25, -0.2) is 13.6 Å². The van der Waals surface area contributed by atoms with E-state index in [0.717, 1.165) is 18.2 Å². The monoisotopic (exact) mass is 435 g/mol. The maximum absolute atomic E-state index is 14.3. The highest BCUT2D eigenvalue weighted by atomic mass is 19.1. The van der Waals surface area contributed by atoms with Crippen LogP contribution in [-0.4, -0.2) is 23.4 Å². The van der Waals surface area contributed by atoms with E-state index >= 15 is 0 Å². The zero-order chi connectivity index (χ0) is 22.8. The van der Waals surface area contributed by atoms with Gasteiger partial charge >= 0.3 is 5.97 Å². The lowest BCUT2D eigenvalue weighted by molar-refractivity contribution is -0.138. The van der Waals surface area contributed by atoms with Crippen LogP contribution in [0.3, 0.4) is 0 Å². The minimum atomic E-state index is -1.82. The molecule has 0 aromatic heterocycles. The first-order chi connectivity index (χ1) is 15.4. The van der Waals surface area contributed by atoms with Gasteiger partial charge in [-0.15, -0.1) is 0 Å². The number of hydrogen-bond acceptors (Lipinski definition) is 5. The minimum absolute atomic E-state index is 0.116. The van der Waals surface area contributed by atoms with Crippen molar-refractivity contribution in [2.75, 3.05) is 5.32 Å². The number of ketones is 2. The summed E-state index contributed by atoms with van der Waals surface area (Å²) in [7, 11) is 0. The number of ether oxygens (including phenoxy) is 1. The number of nitrogens with one attached hydrogen (secondary N) is 1. The number of carbonyl (C=O) groups excluding carboxylic acids is 4. The second-order valence-electron chi connectivity index (χ2n) is 7.06. The number of halogens is 2. The van der Waals surface area contributed by atoms with Gasteiger partial charge in [-0.3, -0.25) is 14.4 Å². The number of rotatable bonds is 6. The number of fused-ring (bicyclic) bond motifs is 1. The van der Waals surface area contributed by atoms with Crippen molar-refractivity contribution in [3.8, 4) is 0 Å². The third-order valence-corrected chi connectivity index (χ3v) is 5.05. The molecule has 8 heteroatoms. The molecule has 0 radical (unpaired) electrons. The minimum Gasteiger partial charge on any atom is -0.453 e. The molecule has 0 spiro atoms. The molecule has 0 fully saturated rings. The number of hydrogen-bond donors (Lipinski definition) is 1. The van der Waals surface area contributed by atoms with Crippen molar-refractivity contribution in [2.45, 2.75) is 6.10 Å². The van der Waals surface area contributed by atoms with E-state index in [0.29, 0.717) is 0 Å². The summed E-state index contributed by atoms with van der Waals surface area (Å²) in [6.45, 7) is 0. The number of esters is 1. The van der Waals surface area contributed by atoms with Crippen molar-refractivity contribution < 1.29 is 32.7 Å². The van der Waals surface area contributed by atoms with Crippen LogP contribution in [0.15, 0.2) is 72.8 Å². The summed E-state index contributed by atoms with van der Waals surface area (Å²) < 4.78 is 32.7. The molecule has 1 N–H and O–H groups in total. The maximum Gasteiger partial charge on any atom is 0.339 e. The highest BCUT2D eigenvalue weighted by Gasteiger charge is 2.46. The van der Waals surface area contributed by atoms with Crippen LogP contribution in [0.2, 0.25) is 0 Å². The van der Waals surface area contributed by atoms with Gasteiger partial charge in [0.05, 0.1) is 11.1 Å². The van der Waals surface area contributed by atoms with E-state index in [2.05, 4.69) is 5.32 Å². The molecule has 0 saturated carbocycles. The number of cyclic esters (lactones) is 1. The zero-order valence-corrected chi connectivity index (χ0v) is 16.4. The molecule has 6 nitrogen and oxygen atoms in total. The Labute approximate surface area is 180 Å². The maximum atomic E-state index is 14.3. The molecule has 160 valence electrons. The molecule has 32 heavy (non-hydrogen) atoms. The summed E-state index contributed by atoms with van der Waals surface area (Å²) in [5, 5.41) is 2.29. The Morgan fingerprint density at radius 3 is 2.25 bits per heavy atom. The number of amides is 1. The Hall–Kier alpha value is -4.20. The number of Topliss-reactive ketones (excluding diaryl/α,β-unsaturated/α-hetero) is 2. The van der Waals surface area contributed by atoms with Gasteiger partial charge in [0.2, 0.25) is 5.78 Å². The van der Waals surface area contributed by atoms with Gasteiger partial charge in [-0.1, -0.05) is 30.3 Å². The number of carbonyl (C=O) groups is 4. The van der Waals surface area contributed by atoms with E-state index in [9.17, 15) is 28.0 Å². The van der Waals surface area contributed by atoms with E-state index in [1.54, 1.807) is 12.1 Å². The normalized spacial score (nSPS) is 15.4. The van der Waals surface area contributed by atoms with E-state index in [1.165, 1.54) is 42.5 Å². The van der Waals surface area contributed by atoms with Crippen LogP contribution < -0.4 is 5.32 Å². The summed E-state index contributed by atoms with van der Waals surface area (Å²) in [4.78, 5) is 51.3. The van der Waals surface area contributed by atoms with Gasteiger partial charge in [0, 0.05) is 11.3 Å². The molecule has 1 aliphatic rings. The summed E-state index contributed by atoms with van der Waals surface area (Å²) in [5.41, 5.74) is 0.0946. The van der Waals surface area contributed by atoms with Gasteiger partial charge in [-0.05, 0) is 42.5 Å². The van der Waals surface area contributed by atoms with Gasteiger partial charge in [0.25, 0.3) is 5.91 Å². The van der Waals surface area contributed by atoms with Crippen molar-refractivity contribution in [3.63, 3.8) is 0 Å². The Kier molecular flexibility index (Phi) is 5.59. The fourth-order valence-corrected chi connectivity index (χ4v) is 3.51. The van der Waals surface area contributed by atoms with Crippen molar-refractivity contribution in [1.29, 1.82) is 0 Å². The third kappa shape index (κ3) is 3.90. The summed E-state index contributed by atoms with van der Waals surface area (Å²) in [5.74, 6) is -7.42. The predicted octanol–water partition coefficient (Wildman–Crippen LogP) is 3.88. The van der Waals surface area contributed by atoms with Crippen molar-refractivity contribution in [1.82, 2.24) is 0 Å². The van der Waals surface area contributed by atoms with Crippen LogP contribution >= 0.6 is 0 Å². The fraction of sp³-hybridized carbons (Fsp3) is 0.0833. The van der Waals surface area contributed by atoms with Gasteiger partial charge < -0.3 is 10.1 Å². The molecule has 3 aromatic carbocycles. The van der Waals surface area contributed by atoms with Crippen LogP contribution in [0.4, 0.5) is 14.5 Å². The topological polar surface area (TPSA) is 89.5 Å². The second kappa shape index (κ2) is 8.50. The second-order valence-corrected chi connectivity index (χ2v) is 7.06. The van der Waals surface area contributed by atoms with E-state index in [1.807, 2.05) is 0 Å². The van der Waals surface area contributed by atoms with Crippen LogP contribution in [0.5, 0.6) is 0 Å². The molecule has 0 bridgehead atoms. The Balaban J connectivity index is 1.72. The Bertz CT molecular complexity index is 1240. The molecule has 0 saturated heterocycles. The standard InChI is InChI=1S/C24H15F2NO5/c25-13-9-11-14(12-10-13)27-23(30)21(29)19(20(28)17-7-3-4-8-18(17)26)22-15-5-1-2-6-16(15)24(31)32-22/h1-12,19,22H,(H,27,30)/t19-,22-/m0/s1. The summed E-state index contributed by atoms with van der Waals surface area (Å²) >= 11 is 0. The van der Waals surface area contributed by atoms with Gasteiger partial charge in [0.1, 0.15) is 23.7 Å². The molecule has 0 aliphatic carbocycles. The molecule has 2 atom stereocenters. The number of anilines is 1. The summed E-state index contributed by atoms with van der Waals surface area (Å²) in [6.07, 6.45) is -1.41. The van der Waals surface area contributed by atoms with Crippen LogP contribution in [0, 0.1) is 17.6 Å². The molecular weight excluding hydrogens is 420 g/mol. The molecule has 1 aliphatic heterocycles. The average molecular weight is 435 g/mol. The largest absolute Gasteiger partial charge is 0.453 e. The van der Waals surface area contributed by atoms with E-state index < -0.39 is 52.7 Å². The first kappa shape index (κ1) is 21.0. The lowest BCUT2D eigenvalue weighted by Gasteiger charge is -2.21. The smallest absolute Gasteiger partial charge is 0.339 e. The van der Waals surface area contributed by atoms with Crippen LogP contribution in [-0.2, 0) is 14.3 Å². The first-order valence-electron chi connectivity index (χ1n) is 9.56. The highest BCUT2D eigenvalue weighted by Crippen LogP contribution is 2.38. The number of benzene rings is 3. The Morgan fingerprint density at radius 1 is 0.875 bits per heavy atom. The molecule has 3 aromatic rings. The average Bonchev–Trinajstić information content (AvgIpc) is 3.12. The molecule has 0 unspecified atom stereocenters. The van der Waals surface area contributed by atoms with Crippen molar-refractivity contribution >= 4 is 29.1 Å². The van der Waals surface area contributed by atoms with Gasteiger partial charge in [-0.2, -0.15) is 0 Å². The van der Waals surface area contributed by atoms with Crippen molar-refractivity contribution in [3.05, 3.63) is 101 Å². The van der Waals surface area contributed by atoms with E-state index in [4.69, 9.17) is 4.74 Å².